The molecule has 0 aromatic carbocycles. The zero-order chi connectivity index (χ0) is 13.1. The van der Waals surface area contributed by atoms with Gasteiger partial charge in [-0.05, 0) is 13.0 Å². The third kappa shape index (κ3) is 3.08. The van der Waals surface area contributed by atoms with E-state index in [2.05, 4.69) is 37.8 Å². The van der Waals surface area contributed by atoms with Gasteiger partial charge in [0, 0.05) is 28.2 Å². The number of aryl methyl sites for hydroxylation is 1. The molecular weight excluding hydrogens is 314 g/mol. The Balaban J connectivity index is 2.10. The van der Waals surface area contributed by atoms with Gasteiger partial charge >= 0.3 is 0 Å². The summed E-state index contributed by atoms with van der Waals surface area (Å²) in [5, 5.41) is 5.71. The summed E-state index contributed by atoms with van der Waals surface area (Å²) in [6.07, 6.45) is 1.78. The van der Waals surface area contributed by atoms with Crippen LogP contribution in [0.25, 0.3) is 11.3 Å². The molecule has 94 valence electrons. The van der Waals surface area contributed by atoms with Gasteiger partial charge in [0.25, 0.3) is 5.91 Å². The lowest BCUT2D eigenvalue weighted by atomic mass is 10.2. The molecule has 2 aromatic rings. The molecule has 2 N–H and O–H groups in total. The number of aromatic nitrogens is 2. The number of nitrogens with zero attached hydrogens (tertiary/aromatic N) is 1. The van der Waals surface area contributed by atoms with Gasteiger partial charge < -0.3 is 10.3 Å². The molecule has 0 unspecified atom stereocenters. The van der Waals surface area contributed by atoms with Crippen molar-refractivity contribution in [2.24, 2.45) is 0 Å². The maximum atomic E-state index is 11.8. The summed E-state index contributed by atoms with van der Waals surface area (Å²) in [6, 6.07) is 1.79. The van der Waals surface area contributed by atoms with Crippen LogP contribution in [0.5, 0.6) is 0 Å². The lowest BCUT2D eigenvalue weighted by Gasteiger charge is -2.00. The Morgan fingerprint density at radius 1 is 1.67 bits per heavy atom. The second-order valence-electron chi connectivity index (χ2n) is 3.75. The monoisotopic (exact) mass is 325 g/mol. The van der Waals surface area contributed by atoms with Gasteiger partial charge in [0.05, 0.1) is 10.7 Å². The van der Waals surface area contributed by atoms with Crippen molar-refractivity contribution in [3.8, 4) is 11.3 Å². The molecule has 0 aliphatic carbocycles. The molecule has 0 saturated carbocycles. The molecular formula is C12H12BrN3OS. The molecule has 0 aliphatic rings. The lowest BCUT2D eigenvalue weighted by molar-refractivity contribution is 0.0953. The summed E-state index contributed by atoms with van der Waals surface area (Å²) in [6.45, 7) is 6.02. The van der Waals surface area contributed by atoms with Crippen molar-refractivity contribution in [3.05, 3.63) is 39.4 Å². The van der Waals surface area contributed by atoms with Crippen molar-refractivity contribution >= 4 is 33.2 Å². The molecule has 0 fully saturated rings. The number of hydrogen-bond donors (Lipinski definition) is 2. The normalized spacial score (nSPS) is 10.3. The second kappa shape index (κ2) is 5.49. The van der Waals surface area contributed by atoms with Crippen LogP contribution in [-0.2, 0) is 0 Å². The summed E-state index contributed by atoms with van der Waals surface area (Å²) in [5.41, 5.74) is 2.32. The molecule has 1 amide bonds. The molecule has 2 heterocycles. The third-order valence-corrected chi connectivity index (χ3v) is 3.34. The number of halogens is 1. The Hall–Kier alpha value is -1.40. The van der Waals surface area contributed by atoms with Crippen molar-refractivity contribution in [1.82, 2.24) is 15.3 Å². The van der Waals surface area contributed by atoms with E-state index in [9.17, 15) is 4.79 Å². The predicted molar refractivity (Wildman–Crippen MR) is 77.0 cm³/mol. The molecule has 4 nitrogen and oxygen atoms in total. The molecule has 18 heavy (non-hydrogen) atoms. The topological polar surface area (TPSA) is 57.8 Å². The first kappa shape index (κ1) is 13.0. The fraction of sp³-hybridized carbons (Fsp3) is 0.167. The summed E-state index contributed by atoms with van der Waals surface area (Å²) in [7, 11) is 0. The SMILES string of the molecule is C=C(Br)CNC(=O)c1cc(-c2csc(C)n2)c[nH]1. The van der Waals surface area contributed by atoms with Crippen LogP contribution in [0.15, 0.2) is 28.7 Å². The van der Waals surface area contributed by atoms with Gasteiger partial charge in [0.1, 0.15) is 5.69 Å². The van der Waals surface area contributed by atoms with E-state index < -0.39 is 0 Å². The highest BCUT2D eigenvalue weighted by atomic mass is 79.9. The molecule has 0 atom stereocenters. The average molecular weight is 326 g/mol. The van der Waals surface area contributed by atoms with Crippen molar-refractivity contribution in [2.75, 3.05) is 6.54 Å². The van der Waals surface area contributed by atoms with E-state index in [1.54, 1.807) is 23.6 Å². The Kier molecular flexibility index (Phi) is 3.98. The quantitative estimate of drug-likeness (QED) is 0.907. The summed E-state index contributed by atoms with van der Waals surface area (Å²) >= 11 is 4.78. The number of carbonyl (C=O) groups excluding carboxylic acids is 1. The highest BCUT2D eigenvalue weighted by Gasteiger charge is 2.10. The standard InChI is InChI=1S/C12H12BrN3OS/c1-7(13)4-15-12(17)10-3-9(5-14-10)11-6-18-8(2)16-11/h3,5-6,14H,1,4H2,2H3,(H,15,17). The van der Waals surface area contributed by atoms with E-state index in [1.807, 2.05) is 12.3 Å². The van der Waals surface area contributed by atoms with Gasteiger partial charge in [-0.2, -0.15) is 0 Å². The maximum absolute atomic E-state index is 11.8. The Morgan fingerprint density at radius 3 is 3.06 bits per heavy atom. The van der Waals surface area contributed by atoms with Crippen LogP contribution in [0.4, 0.5) is 0 Å². The predicted octanol–water partition coefficient (Wildman–Crippen LogP) is 3.09. The minimum Gasteiger partial charge on any atom is -0.357 e. The van der Waals surface area contributed by atoms with Gasteiger partial charge in [0.15, 0.2) is 0 Å². The van der Waals surface area contributed by atoms with Gasteiger partial charge in [-0.25, -0.2) is 4.98 Å². The molecule has 0 aliphatic heterocycles. The molecule has 2 aromatic heterocycles. The molecule has 2 rings (SSSR count). The van der Waals surface area contributed by atoms with Crippen LogP contribution >= 0.6 is 27.3 Å². The van der Waals surface area contributed by atoms with Crippen LogP contribution in [-0.4, -0.2) is 22.4 Å². The molecule has 0 saturated heterocycles. The van der Waals surface area contributed by atoms with Crippen molar-refractivity contribution in [2.45, 2.75) is 6.92 Å². The second-order valence-corrected chi connectivity index (χ2v) is 5.94. The number of thiazole rings is 1. The largest absolute Gasteiger partial charge is 0.357 e. The summed E-state index contributed by atoms with van der Waals surface area (Å²) in [4.78, 5) is 19.1. The molecule has 0 spiro atoms. The lowest BCUT2D eigenvalue weighted by Crippen LogP contribution is -2.24. The van der Waals surface area contributed by atoms with E-state index in [0.29, 0.717) is 12.2 Å². The van der Waals surface area contributed by atoms with Crippen molar-refractivity contribution < 1.29 is 4.79 Å². The first-order valence-corrected chi connectivity index (χ1v) is 6.96. The van der Waals surface area contributed by atoms with E-state index >= 15 is 0 Å². The highest BCUT2D eigenvalue weighted by molar-refractivity contribution is 9.11. The number of nitrogens with one attached hydrogen (secondary N) is 2. The highest BCUT2D eigenvalue weighted by Crippen LogP contribution is 2.22. The third-order valence-electron chi connectivity index (χ3n) is 2.28. The number of aromatic amines is 1. The summed E-state index contributed by atoms with van der Waals surface area (Å²) < 4.78 is 0.734. The molecule has 0 radical (unpaired) electrons. The number of hydrogen-bond acceptors (Lipinski definition) is 3. The zero-order valence-corrected chi connectivity index (χ0v) is 12.2. The van der Waals surface area contributed by atoms with Crippen LogP contribution in [0, 0.1) is 6.92 Å². The maximum Gasteiger partial charge on any atom is 0.267 e. The van der Waals surface area contributed by atoms with Crippen LogP contribution < -0.4 is 5.32 Å². The minimum atomic E-state index is -0.159. The van der Waals surface area contributed by atoms with E-state index in [0.717, 1.165) is 20.7 Å². The minimum absolute atomic E-state index is 0.159. The van der Waals surface area contributed by atoms with Crippen LogP contribution in [0.3, 0.4) is 0 Å². The smallest absolute Gasteiger partial charge is 0.267 e. The average Bonchev–Trinajstić information content (AvgIpc) is 2.93. The van der Waals surface area contributed by atoms with Crippen LogP contribution in [0.2, 0.25) is 0 Å². The Morgan fingerprint density at radius 2 is 2.44 bits per heavy atom. The number of carbonyl (C=O) groups is 1. The number of H-pyrrole nitrogens is 1. The molecule has 0 bridgehead atoms. The van der Waals surface area contributed by atoms with E-state index in [1.165, 1.54) is 0 Å². The van der Waals surface area contributed by atoms with E-state index in [4.69, 9.17) is 0 Å². The fourth-order valence-corrected chi connectivity index (χ4v) is 2.20. The van der Waals surface area contributed by atoms with Gasteiger partial charge in [-0.15, -0.1) is 11.3 Å². The van der Waals surface area contributed by atoms with Gasteiger partial charge in [0.2, 0.25) is 0 Å². The van der Waals surface area contributed by atoms with Crippen molar-refractivity contribution in [1.29, 1.82) is 0 Å². The van der Waals surface area contributed by atoms with E-state index in [-0.39, 0.29) is 5.91 Å². The fourth-order valence-electron chi connectivity index (χ4n) is 1.44. The molecule has 6 heteroatoms. The number of amides is 1. The Labute approximate surface area is 117 Å². The summed E-state index contributed by atoms with van der Waals surface area (Å²) in [5.74, 6) is -0.159. The first-order valence-electron chi connectivity index (χ1n) is 5.28. The first-order chi connectivity index (χ1) is 8.56. The number of rotatable bonds is 4. The zero-order valence-electron chi connectivity index (χ0n) is 9.79. The Bertz CT molecular complexity index is 588. The van der Waals surface area contributed by atoms with Crippen LogP contribution in [0.1, 0.15) is 15.5 Å². The van der Waals surface area contributed by atoms with Gasteiger partial charge in [-0.1, -0.05) is 22.5 Å². The van der Waals surface area contributed by atoms with Gasteiger partial charge in [-0.3, -0.25) is 4.79 Å². The van der Waals surface area contributed by atoms with Crippen molar-refractivity contribution in [3.63, 3.8) is 0 Å².